The average Bonchev–Trinajstić information content (AvgIpc) is 2.45. The second-order valence-electron chi connectivity index (χ2n) is 3.93. The maximum atomic E-state index is 5.83. The maximum absolute atomic E-state index is 5.83. The molecule has 15 heavy (non-hydrogen) atoms. The highest BCUT2D eigenvalue weighted by Gasteiger charge is 2.13. The predicted molar refractivity (Wildman–Crippen MR) is 66.0 cm³/mol. The molecule has 1 heterocycles. The van der Waals surface area contributed by atoms with Gasteiger partial charge in [0.15, 0.2) is 0 Å². The summed E-state index contributed by atoms with van der Waals surface area (Å²) in [5, 5.41) is 1.17. The predicted octanol–water partition coefficient (Wildman–Crippen LogP) is 3.39. The summed E-state index contributed by atoms with van der Waals surface area (Å²) < 4.78 is 6.73. The Hall–Kier alpha value is -0.800. The molecule has 0 spiro atoms. The molecular weight excluding hydrogens is 254 g/mol. The molecule has 80 valence electrons. The molecule has 0 aliphatic rings. The number of benzene rings is 1. The van der Waals surface area contributed by atoms with Gasteiger partial charge in [-0.05, 0) is 42.3 Å². The number of aryl methyl sites for hydroxylation is 1. The van der Waals surface area contributed by atoms with E-state index in [1.165, 1.54) is 10.9 Å². The molecule has 0 bridgehead atoms. The fourth-order valence-electron chi connectivity index (χ4n) is 1.83. The number of para-hydroxylation sites is 1. The van der Waals surface area contributed by atoms with E-state index in [4.69, 9.17) is 10.2 Å². The summed E-state index contributed by atoms with van der Waals surface area (Å²) in [4.78, 5) is 0. The van der Waals surface area contributed by atoms with E-state index in [1.807, 2.05) is 26.0 Å². The van der Waals surface area contributed by atoms with Crippen molar-refractivity contribution in [1.82, 2.24) is 0 Å². The topological polar surface area (TPSA) is 39.2 Å². The molecule has 0 saturated carbocycles. The van der Waals surface area contributed by atoms with Crippen LogP contribution in [0.15, 0.2) is 27.1 Å². The Morgan fingerprint density at radius 2 is 2.20 bits per heavy atom. The van der Waals surface area contributed by atoms with E-state index in [9.17, 15) is 0 Å². The van der Waals surface area contributed by atoms with Gasteiger partial charge in [0.25, 0.3) is 0 Å². The van der Waals surface area contributed by atoms with E-state index in [-0.39, 0.29) is 6.04 Å². The SMILES string of the molecule is Cc1oc2c(Br)cccc2c1CC(C)N. The van der Waals surface area contributed by atoms with E-state index in [0.717, 1.165) is 22.2 Å². The van der Waals surface area contributed by atoms with Crippen LogP contribution >= 0.6 is 15.9 Å². The summed E-state index contributed by atoms with van der Waals surface area (Å²) in [6.45, 7) is 4.00. The third-order valence-corrected chi connectivity index (χ3v) is 3.12. The lowest BCUT2D eigenvalue weighted by atomic mass is 10.0. The molecule has 0 fully saturated rings. The Morgan fingerprint density at radius 1 is 1.47 bits per heavy atom. The first-order chi connectivity index (χ1) is 7.09. The van der Waals surface area contributed by atoms with Crippen LogP contribution < -0.4 is 5.73 Å². The van der Waals surface area contributed by atoms with Gasteiger partial charge in [0.05, 0.1) is 4.47 Å². The minimum absolute atomic E-state index is 0.156. The number of furan rings is 1. The lowest BCUT2D eigenvalue weighted by Crippen LogP contribution is -2.17. The van der Waals surface area contributed by atoms with Gasteiger partial charge in [0.2, 0.25) is 0 Å². The minimum Gasteiger partial charge on any atom is -0.460 e. The number of hydrogen-bond donors (Lipinski definition) is 1. The van der Waals surface area contributed by atoms with Crippen LogP contribution in [0.2, 0.25) is 0 Å². The number of halogens is 1. The van der Waals surface area contributed by atoms with Gasteiger partial charge in [-0.15, -0.1) is 0 Å². The van der Waals surface area contributed by atoms with Gasteiger partial charge >= 0.3 is 0 Å². The zero-order valence-corrected chi connectivity index (χ0v) is 10.5. The molecule has 0 aliphatic carbocycles. The highest BCUT2D eigenvalue weighted by molar-refractivity contribution is 9.10. The van der Waals surface area contributed by atoms with E-state index < -0.39 is 0 Å². The van der Waals surface area contributed by atoms with Gasteiger partial charge in [-0.25, -0.2) is 0 Å². The summed E-state index contributed by atoms with van der Waals surface area (Å²) in [6, 6.07) is 6.24. The second-order valence-corrected chi connectivity index (χ2v) is 4.79. The Labute approximate surface area is 97.6 Å². The summed E-state index contributed by atoms with van der Waals surface area (Å²) in [5.74, 6) is 0.967. The van der Waals surface area contributed by atoms with Crippen molar-refractivity contribution in [3.63, 3.8) is 0 Å². The molecule has 0 radical (unpaired) electrons. The molecule has 0 amide bonds. The van der Waals surface area contributed by atoms with Crippen LogP contribution in [-0.4, -0.2) is 6.04 Å². The van der Waals surface area contributed by atoms with Gasteiger partial charge < -0.3 is 10.2 Å². The van der Waals surface area contributed by atoms with Gasteiger partial charge in [-0.2, -0.15) is 0 Å². The first-order valence-electron chi connectivity index (χ1n) is 5.01. The molecule has 1 aromatic heterocycles. The van der Waals surface area contributed by atoms with Crippen LogP contribution in [-0.2, 0) is 6.42 Å². The molecule has 1 unspecified atom stereocenters. The Morgan fingerprint density at radius 3 is 2.87 bits per heavy atom. The lowest BCUT2D eigenvalue weighted by molar-refractivity contribution is 0.566. The van der Waals surface area contributed by atoms with Gasteiger partial charge in [0.1, 0.15) is 11.3 Å². The van der Waals surface area contributed by atoms with Gasteiger partial charge in [-0.3, -0.25) is 0 Å². The summed E-state index contributed by atoms with van der Waals surface area (Å²) in [7, 11) is 0. The summed E-state index contributed by atoms with van der Waals surface area (Å²) >= 11 is 3.49. The van der Waals surface area contributed by atoms with Crippen LogP contribution in [0.3, 0.4) is 0 Å². The minimum atomic E-state index is 0.156. The number of fused-ring (bicyclic) bond motifs is 1. The molecule has 2 nitrogen and oxygen atoms in total. The van der Waals surface area contributed by atoms with Crippen LogP contribution in [0.1, 0.15) is 18.2 Å². The van der Waals surface area contributed by atoms with Crippen molar-refractivity contribution in [3.05, 3.63) is 34.0 Å². The third kappa shape index (κ3) is 1.94. The number of hydrogen-bond acceptors (Lipinski definition) is 2. The standard InChI is InChI=1S/C12H14BrNO/c1-7(14)6-10-8(2)15-12-9(10)4-3-5-11(12)13/h3-5,7H,6,14H2,1-2H3. The van der Waals surface area contributed by atoms with Crippen molar-refractivity contribution >= 4 is 26.9 Å². The van der Waals surface area contributed by atoms with Crippen LogP contribution in [0.5, 0.6) is 0 Å². The highest BCUT2D eigenvalue weighted by Crippen LogP contribution is 2.31. The van der Waals surface area contributed by atoms with E-state index in [2.05, 4.69) is 22.0 Å². The van der Waals surface area contributed by atoms with Gasteiger partial charge in [0, 0.05) is 17.0 Å². The maximum Gasteiger partial charge on any atom is 0.148 e. The van der Waals surface area contributed by atoms with Gasteiger partial charge in [-0.1, -0.05) is 12.1 Å². The van der Waals surface area contributed by atoms with Crippen molar-refractivity contribution in [2.45, 2.75) is 26.3 Å². The van der Waals surface area contributed by atoms with Crippen LogP contribution in [0.25, 0.3) is 11.0 Å². The fourth-order valence-corrected chi connectivity index (χ4v) is 2.28. The average molecular weight is 268 g/mol. The van der Waals surface area contributed by atoms with Crippen molar-refractivity contribution < 1.29 is 4.42 Å². The molecule has 0 saturated heterocycles. The highest BCUT2D eigenvalue weighted by atomic mass is 79.9. The van der Waals surface area contributed by atoms with E-state index in [0.29, 0.717) is 0 Å². The monoisotopic (exact) mass is 267 g/mol. The van der Waals surface area contributed by atoms with E-state index >= 15 is 0 Å². The first kappa shape index (κ1) is 10.7. The zero-order valence-electron chi connectivity index (χ0n) is 8.88. The lowest BCUT2D eigenvalue weighted by Gasteiger charge is -2.03. The van der Waals surface area contributed by atoms with Crippen LogP contribution in [0, 0.1) is 6.92 Å². The normalized spacial score (nSPS) is 13.3. The molecule has 1 atom stereocenters. The largest absolute Gasteiger partial charge is 0.460 e. The molecule has 0 aliphatic heterocycles. The molecule has 2 rings (SSSR count). The Balaban J connectivity index is 2.63. The Kier molecular flexibility index (Phi) is 2.85. The van der Waals surface area contributed by atoms with E-state index in [1.54, 1.807) is 0 Å². The smallest absolute Gasteiger partial charge is 0.148 e. The molecule has 2 aromatic rings. The third-order valence-electron chi connectivity index (χ3n) is 2.50. The summed E-state index contributed by atoms with van der Waals surface area (Å²) in [6.07, 6.45) is 0.856. The molecule has 3 heteroatoms. The first-order valence-corrected chi connectivity index (χ1v) is 5.81. The van der Waals surface area contributed by atoms with Crippen molar-refractivity contribution in [1.29, 1.82) is 0 Å². The second kappa shape index (κ2) is 3.99. The molecular formula is C12H14BrNO. The van der Waals surface area contributed by atoms with Crippen molar-refractivity contribution in [2.24, 2.45) is 5.73 Å². The fraction of sp³-hybridized carbons (Fsp3) is 0.333. The zero-order chi connectivity index (χ0) is 11.0. The molecule has 2 N–H and O–H groups in total. The Bertz CT molecular complexity index is 488. The quantitative estimate of drug-likeness (QED) is 0.906. The summed E-state index contributed by atoms with van der Waals surface area (Å²) in [5.41, 5.74) is 7.97. The number of rotatable bonds is 2. The van der Waals surface area contributed by atoms with Crippen molar-refractivity contribution in [2.75, 3.05) is 0 Å². The van der Waals surface area contributed by atoms with Crippen molar-refractivity contribution in [3.8, 4) is 0 Å². The number of nitrogens with two attached hydrogens (primary N) is 1. The molecule has 1 aromatic carbocycles. The van der Waals surface area contributed by atoms with Crippen LogP contribution in [0.4, 0.5) is 0 Å².